The van der Waals surface area contributed by atoms with Gasteiger partial charge in [0.25, 0.3) is 0 Å². The summed E-state index contributed by atoms with van der Waals surface area (Å²) in [6.45, 7) is 2.93. The fourth-order valence-corrected chi connectivity index (χ4v) is 6.36. The predicted octanol–water partition coefficient (Wildman–Crippen LogP) is -3.10. The minimum Gasteiger partial charge on any atom is -0.481 e. The minimum absolute atomic E-state index is 0.0103. The Balaban J connectivity index is 2.70. The van der Waals surface area contributed by atoms with Gasteiger partial charge in [-0.2, -0.15) is 0 Å². The molecule has 3 amide bonds. The molecule has 1 fully saturated rings. The van der Waals surface area contributed by atoms with Gasteiger partial charge in [0, 0.05) is 103 Å². The van der Waals surface area contributed by atoms with Crippen molar-refractivity contribution in [2.75, 3.05) is 131 Å². The molecule has 25 heteroatoms. The number of rotatable bonds is 34. The summed E-state index contributed by atoms with van der Waals surface area (Å²) in [7, 11) is 0. The molecule has 0 unspecified atom stereocenters. The number of Topliss-reactive ketones (excluding diaryl/α,β-unsaturated/α-hetero) is 2. The fraction of sp³-hybridized carbons (Fsp3) is 0.750. The van der Waals surface area contributed by atoms with Crippen molar-refractivity contribution in [3.8, 4) is 0 Å². The van der Waals surface area contributed by atoms with Crippen molar-refractivity contribution in [1.82, 2.24) is 35.6 Å². The van der Waals surface area contributed by atoms with Crippen molar-refractivity contribution in [3.05, 3.63) is 0 Å². The third-order valence-corrected chi connectivity index (χ3v) is 9.83. The number of carbonyl (C=O) groups excluding carboxylic acids is 5. The van der Waals surface area contributed by atoms with Gasteiger partial charge in [-0.3, -0.25) is 67.5 Å². The van der Waals surface area contributed by atoms with E-state index < -0.39 is 84.6 Å². The van der Waals surface area contributed by atoms with Gasteiger partial charge in [-0.15, -0.1) is 0 Å². The molecule has 25 nitrogen and oxygen atoms in total. The standard InChI is InChI=1S/C40H67N7O18/c1-29(48)6-18-64-22-23-65-21-9-42-40(62)30(2-4-35(52)53)24-32(49)31(3-5-36(54)55)43-33(50)7-19-63-20-8-41-34(51)25-44-10-12-45(26-37(56)57)14-16-47(28-39(60)61)17-15-46(13-11-44)27-38(58)59/h30-31H,2-28H2,1H3,(H,41,51)(H,42,62)(H,43,50)(H,52,53)(H,54,55)(H,56,57)(H,58,59)(H,60,61)/t30-,31+/m0/s1. The summed E-state index contributed by atoms with van der Waals surface area (Å²) in [5.74, 6) is -9.14. The van der Waals surface area contributed by atoms with E-state index in [1.54, 1.807) is 19.6 Å². The van der Waals surface area contributed by atoms with Crippen molar-refractivity contribution in [2.45, 2.75) is 57.9 Å². The van der Waals surface area contributed by atoms with E-state index in [1.165, 1.54) is 6.92 Å². The van der Waals surface area contributed by atoms with E-state index in [-0.39, 0.29) is 163 Å². The first-order valence-electron chi connectivity index (χ1n) is 21.4. The quantitative estimate of drug-likeness (QED) is 0.0296. The molecule has 0 aromatic rings. The van der Waals surface area contributed by atoms with Crippen LogP contribution in [0.5, 0.6) is 0 Å². The van der Waals surface area contributed by atoms with Crippen LogP contribution in [0.3, 0.4) is 0 Å². The second kappa shape index (κ2) is 34.2. The molecule has 8 N–H and O–H groups in total. The van der Waals surface area contributed by atoms with E-state index in [9.17, 15) is 73.5 Å². The molecule has 0 aromatic carbocycles. The van der Waals surface area contributed by atoms with Crippen LogP contribution in [-0.4, -0.2) is 242 Å². The molecule has 1 aliphatic rings. The zero-order valence-electron chi connectivity index (χ0n) is 37.1. The number of ketones is 2. The molecule has 1 aliphatic heterocycles. The molecule has 1 heterocycles. The molecule has 0 saturated carbocycles. The fourth-order valence-electron chi connectivity index (χ4n) is 6.36. The van der Waals surface area contributed by atoms with Crippen LogP contribution in [0.1, 0.15) is 51.9 Å². The number of ether oxygens (including phenoxy) is 3. The lowest BCUT2D eigenvalue weighted by atomic mass is 9.91. The van der Waals surface area contributed by atoms with E-state index in [0.29, 0.717) is 0 Å². The molecule has 0 aliphatic carbocycles. The summed E-state index contributed by atoms with van der Waals surface area (Å²) in [5.41, 5.74) is 0. The molecule has 2 atom stereocenters. The van der Waals surface area contributed by atoms with Crippen molar-refractivity contribution >= 4 is 59.1 Å². The molecule has 370 valence electrons. The summed E-state index contributed by atoms with van der Waals surface area (Å²) in [4.78, 5) is 127. The molecular formula is C40H67N7O18. The topological polar surface area (TPSA) is 349 Å². The van der Waals surface area contributed by atoms with Crippen molar-refractivity contribution in [2.24, 2.45) is 5.92 Å². The lowest BCUT2D eigenvalue weighted by molar-refractivity contribution is -0.140. The molecule has 65 heavy (non-hydrogen) atoms. The lowest BCUT2D eigenvalue weighted by Crippen LogP contribution is -2.50. The van der Waals surface area contributed by atoms with Crippen molar-refractivity contribution < 1.29 is 87.7 Å². The lowest BCUT2D eigenvalue weighted by Gasteiger charge is -2.32. The Morgan fingerprint density at radius 1 is 0.477 bits per heavy atom. The van der Waals surface area contributed by atoms with E-state index in [4.69, 9.17) is 14.2 Å². The number of aliphatic carboxylic acids is 5. The van der Waals surface area contributed by atoms with E-state index >= 15 is 0 Å². The molecule has 0 radical (unpaired) electrons. The minimum atomic E-state index is -1.30. The molecule has 0 aromatic heterocycles. The highest BCUT2D eigenvalue weighted by molar-refractivity contribution is 5.93. The third-order valence-electron chi connectivity index (χ3n) is 9.83. The van der Waals surface area contributed by atoms with E-state index in [1.807, 2.05) is 0 Å². The second-order valence-corrected chi connectivity index (χ2v) is 15.3. The van der Waals surface area contributed by atoms with Crippen LogP contribution >= 0.6 is 0 Å². The van der Waals surface area contributed by atoms with Crippen molar-refractivity contribution in [3.63, 3.8) is 0 Å². The average molecular weight is 934 g/mol. The summed E-state index contributed by atoms with van der Waals surface area (Å²) in [6.07, 6.45) is -1.86. The number of carboxylic acid groups (broad SMARTS) is 5. The maximum atomic E-state index is 13.3. The maximum Gasteiger partial charge on any atom is 0.317 e. The summed E-state index contributed by atoms with van der Waals surface area (Å²) in [6, 6.07) is -1.30. The van der Waals surface area contributed by atoms with Gasteiger partial charge < -0.3 is 55.7 Å². The number of nitrogens with zero attached hydrogens (tertiary/aromatic N) is 4. The molecular weight excluding hydrogens is 866 g/mol. The Bertz CT molecular complexity index is 1520. The smallest absolute Gasteiger partial charge is 0.317 e. The molecule has 1 saturated heterocycles. The number of amides is 3. The first-order chi connectivity index (χ1) is 30.8. The van der Waals surface area contributed by atoms with Gasteiger partial charge in [-0.1, -0.05) is 0 Å². The van der Waals surface area contributed by atoms with Crippen molar-refractivity contribution in [1.29, 1.82) is 0 Å². The van der Waals surface area contributed by atoms with Gasteiger partial charge in [-0.05, 0) is 19.8 Å². The van der Waals surface area contributed by atoms with Crippen LogP contribution in [0.2, 0.25) is 0 Å². The Labute approximate surface area is 377 Å². The summed E-state index contributed by atoms with van der Waals surface area (Å²) >= 11 is 0. The van der Waals surface area contributed by atoms with E-state index in [0.717, 1.165) is 0 Å². The van der Waals surface area contributed by atoms with Crippen LogP contribution in [0.25, 0.3) is 0 Å². The number of hydrogen-bond acceptors (Lipinski definition) is 17. The zero-order valence-corrected chi connectivity index (χ0v) is 37.1. The second-order valence-electron chi connectivity index (χ2n) is 15.3. The Kier molecular flexibility index (Phi) is 30.4. The Hall–Kier alpha value is -5.18. The highest BCUT2D eigenvalue weighted by Crippen LogP contribution is 2.16. The third kappa shape index (κ3) is 31.4. The predicted molar refractivity (Wildman–Crippen MR) is 226 cm³/mol. The number of carbonyl (C=O) groups is 10. The number of hydrogen-bond donors (Lipinski definition) is 8. The van der Waals surface area contributed by atoms with Gasteiger partial charge in [0.15, 0.2) is 5.78 Å². The zero-order chi connectivity index (χ0) is 48.6. The molecule has 0 spiro atoms. The van der Waals surface area contributed by atoms with Crippen LogP contribution in [0.15, 0.2) is 0 Å². The number of carboxylic acids is 5. The normalized spacial score (nSPS) is 15.6. The van der Waals surface area contributed by atoms with Crippen LogP contribution in [-0.2, 0) is 62.2 Å². The Morgan fingerprint density at radius 3 is 1.35 bits per heavy atom. The number of nitrogens with one attached hydrogen (secondary N) is 3. The van der Waals surface area contributed by atoms with E-state index in [2.05, 4.69) is 16.0 Å². The van der Waals surface area contributed by atoms with Gasteiger partial charge in [-0.25, -0.2) is 0 Å². The maximum absolute atomic E-state index is 13.3. The Morgan fingerprint density at radius 2 is 0.892 bits per heavy atom. The van der Waals surface area contributed by atoms with Crippen LogP contribution < -0.4 is 16.0 Å². The van der Waals surface area contributed by atoms with Gasteiger partial charge >= 0.3 is 29.8 Å². The van der Waals surface area contributed by atoms with Crippen LogP contribution in [0, 0.1) is 5.92 Å². The van der Waals surface area contributed by atoms with Gasteiger partial charge in [0.05, 0.1) is 71.9 Å². The monoisotopic (exact) mass is 933 g/mol. The molecule has 0 bridgehead atoms. The highest BCUT2D eigenvalue weighted by Gasteiger charge is 2.29. The first-order valence-corrected chi connectivity index (χ1v) is 21.4. The summed E-state index contributed by atoms with van der Waals surface area (Å²) in [5, 5.41) is 54.4. The highest BCUT2D eigenvalue weighted by atomic mass is 16.5. The van der Waals surface area contributed by atoms with Gasteiger partial charge in [0.2, 0.25) is 17.7 Å². The van der Waals surface area contributed by atoms with Crippen LogP contribution in [0.4, 0.5) is 0 Å². The SMILES string of the molecule is CC(=O)CCOCCOCCNC(=O)[C@@H](CCC(=O)O)CC(=O)[C@@H](CCC(=O)O)NC(=O)CCOCCNC(=O)CN1CCN(CC(=O)O)CCN(CC(=O)O)CCN(CC(=O)O)CC1. The first kappa shape index (κ1) is 57.8. The summed E-state index contributed by atoms with van der Waals surface area (Å²) < 4.78 is 16.1. The van der Waals surface area contributed by atoms with Gasteiger partial charge in [0.1, 0.15) is 5.78 Å². The largest absolute Gasteiger partial charge is 0.481 e. The average Bonchev–Trinajstić information content (AvgIpc) is 3.21. The molecule has 1 rings (SSSR count).